The Morgan fingerprint density at radius 1 is 1.00 bits per heavy atom. The molecule has 2 amide bonds. The van der Waals surface area contributed by atoms with Crippen molar-refractivity contribution in [1.29, 1.82) is 0 Å². The lowest BCUT2D eigenvalue weighted by Crippen LogP contribution is -2.49. The van der Waals surface area contributed by atoms with Crippen LogP contribution in [0.15, 0.2) is 48.5 Å². The number of benzene rings is 2. The van der Waals surface area contributed by atoms with Gasteiger partial charge in [0.1, 0.15) is 12.2 Å². The van der Waals surface area contributed by atoms with Gasteiger partial charge in [0.2, 0.25) is 11.8 Å². The van der Waals surface area contributed by atoms with E-state index in [1.807, 2.05) is 55.5 Å². The molecule has 1 aliphatic heterocycles. The van der Waals surface area contributed by atoms with Gasteiger partial charge in [0.15, 0.2) is 0 Å². The molecule has 0 atom stereocenters. The molecule has 0 spiro atoms. The molecule has 2 aromatic rings. The van der Waals surface area contributed by atoms with Crippen LogP contribution < -0.4 is 15.0 Å². The lowest BCUT2D eigenvalue weighted by atomic mass is 10.1. The first kappa shape index (κ1) is 19.7. The molecule has 2 aromatic carbocycles. The zero-order valence-electron chi connectivity index (χ0n) is 16.5. The normalized spacial score (nSPS) is 13.9. The van der Waals surface area contributed by atoms with Crippen molar-refractivity contribution < 1.29 is 14.3 Å². The summed E-state index contributed by atoms with van der Waals surface area (Å²) >= 11 is 0. The Balaban J connectivity index is 1.44. The second-order valence-electron chi connectivity index (χ2n) is 6.95. The van der Waals surface area contributed by atoms with Gasteiger partial charge >= 0.3 is 0 Å². The monoisotopic (exact) mass is 381 g/mol. The third-order valence-corrected chi connectivity index (χ3v) is 5.12. The SMILES string of the molecule is COc1ccc(N2CCN(C(=O)CC(=O)NCc3ccccc3C)CC2)cc1. The van der Waals surface area contributed by atoms with Crippen molar-refractivity contribution in [1.82, 2.24) is 10.2 Å². The summed E-state index contributed by atoms with van der Waals surface area (Å²) < 4.78 is 5.19. The zero-order chi connectivity index (χ0) is 19.9. The van der Waals surface area contributed by atoms with Crippen molar-refractivity contribution in [3.05, 3.63) is 59.7 Å². The van der Waals surface area contributed by atoms with Crippen LogP contribution in [0.5, 0.6) is 5.75 Å². The van der Waals surface area contributed by atoms with E-state index in [0.29, 0.717) is 19.6 Å². The maximum atomic E-state index is 12.4. The number of hydrogen-bond acceptors (Lipinski definition) is 4. The van der Waals surface area contributed by atoms with Gasteiger partial charge in [-0.1, -0.05) is 24.3 Å². The molecule has 148 valence electrons. The molecule has 0 saturated carbocycles. The maximum absolute atomic E-state index is 12.4. The fourth-order valence-electron chi connectivity index (χ4n) is 3.32. The van der Waals surface area contributed by atoms with Crippen molar-refractivity contribution in [2.75, 3.05) is 38.2 Å². The van der Waals surface area contributed by atoms with E-state index in [-0.39, 0.29) is 18.2 Å². The van der Waals surface area contributed by atoms with Gasteiger partial charge in [-0.3, -0.25) is 9.59 Å². The fraction of sp³-hybridized carbons (Fsp3) is 0.364. The molecule has 1 aliphatic rings. The lowest BCUT2D eigenvalue weighted by Gasteiger charge is -2.36. The maximum Gasteiger partial charge on any atom is 0.232 e. The topological polar surface area (TPSA) is 61.9 Å². The molecule has 0 bridgehead atoms. The van der Waals surface area contributed by atoms with Crippen LogP contribution in [0.1, 0.15) is 17.5 Å². The predicted molar refractivity (Wildman–Crippen MR) is 109 cm³/mol. The molecule has 3 rings (SSSR count). The highest BCUT2D eigenvalue weighted by molar-refractivity contribution is 5.97. The summed E-state index contributed by atoms with van der Waals surface area (Å²) in [5, 5.41) is 2.85. The standard InChI is InChI=1S/C22H27N3O3/c1-17-5-3-4-6-18(17)16-23-21(26)15-22(27)25-13-11-24(12-14-25)19-7-9-20(28-2)10-8-19/h3-10H,11-16H2,1-2H3,(H,23,26). The van der Waals surface area contributed by atoms with Crippen LogP contribution in [-0.4, -0.2) is 50.0 Å². The number of aryl methyl sites for hydroxylation is 1. The molecule has 28 heavy (non-hydrogen) atoms. The number of anilines is 1. The summed E-state index contributed by atoms with van der Waals surface area (Å²) in [5.74, 6) is 0.483. The Hall–Kier alpha value is -3.02. The van der Waals surface area contributed by atoms with Gasteiger partial charge in [0.25, 0.3) is 0 Å². The molecule has 6 nitrogen and oxygen atoms in total. The number of carbonyl (C=O) groups excluding carboxylic acids is 2. The van der Waals surface area contributed by atoms with E-state index in [1.54, 1.807) is 12.0 Å². The highest BCUT2D eigenvalue weighted by atomic mass is 16.5. The molecule has 6 heteroatoms. The summed E-state index contributed by atoms with van der Waals surface area (Å²) in [7, 11) is 1.65. The van der Waals surface area contributed by atoms with E-state index in [4.69, 9.17) is 4.74 Å². The van der Waals surface area contributed by atoms with Gasteiger partial charge in [-0.05, 0) is 42.3 Å². The molecule has 0 radical (unpaired) electrons. The Morgan fingerprint density at radius 3 is 2.32 bits per heavy atom. The van der Waals surface area contributed by atoms with E-state index in [9.17, 15) is 9.59 Å². The van der Waals surface area contributed by atoms with Crippen LogP contribution in [0.4, 0.5) is 5.69 Å². The molecular weight excluding hydrogens is 354 g/mol. The Morgan fingerprint density at radius 2 is 1.68 bits per heavy atom. The van der Waals surface area contributed by atoms with Crippen LogP contribution in [0, 0.1) is 6.92 Å². The number of piperazine rings is 1. The van der Waals surface area contributed by atoms with Crippen molar-refractivity contribution in [3.8, 4) is 5.75 Å². The molecule has 0 aliphatic carbocycles. The van der Waals surface area contributed by atoms with Gasteiger partial charge in [-0.15, -0.1) is 0 Å². The smallest absolute Gasteiger partial charge is 0.232 e. The van der Waals surface area contributed by atoms with Crippen LogP contribution in [0.2, 0.25) is 0 Å². The van der Waals surface area contributed by atoms with Crippen molar-refractivity contribution in [2.45, 2.75) is 19.9 Å². The molecule has 0 aromatic heterocycles. The second kappa shape index (κ2) is 9.26. The van der Waals surface area contributed by atoms with Crippen molar-refractivity contribution in [2.24, 2.45) is 0 Å². The molecule has 1 fully saturated rings. The summed E-state index contributed by atoms with van der Waals surface area (Å²) in [6.45, 7) is 5.21. The summed E-state index contributed by atoms with van der Waals surface area (Å²) in [6, 6.07) is 15.8. The van der Waals surface area contributed by atoms with E-state index >= 15 is 0 Å². The first-order valence-corrected chi connectivity index (χ1v) is 9.55. The van der Waals surface area contributed by atoms with E-state index in [2.05, 4.69) is 10.2 Å². The third-order valence-electron chi connectivity index (χ3n) is 5.12. The van der Waals surface area contributed by atoms with Gasteiger partial charge < -0.3 is 19.9 Å². The number of hydrogen-bond donors (Lipinski definition) is 1. The molecule has 1 heterocycles. The van der Waals surface area contributed by atoms with E-state index < -0.39 is 0 Å². The number of carbonyl (C=O) groups is 2. The molecule has 1 N–H and O–H groups in total. The first-order chi connectivity index (χ1) is 13.6. The number of rotatable bonds is 6. The summed E-state index contributed by atoms with van der Waals surface area (Å²) in [6.07, 6.45) is -0.103. The lowest BCUT2D eigenvalue weighted by molar-refractivity contribution is -0.136. The predicted octanol–water partition coefficient (Wildman–Crippen LogP) is 2.36. The quantitative estimate of drug-likeness (QED) is 0.781. The average Bonchev–Trinajstić information content (AvgIpc) is 2.73. The van der Waals surface area contributed by atoms with Gasteiger partial charge in [-0.25, -0.2) is 0 Å². The summed E-state index contributed by atoms with van der Waals surface area (Å²) in [5.41, 5.74) is 3.31. The summed E-state index contributed by atoms with van der Waals surface area (Å²) in [4.78, 5) is 28.6. The van der Waals surface area contributed by atoms with E-state index in [1.165, 1.54) is 0 Å². The Labute approximate surface area is 166 Å². The second-order valence-corrected chi connectivity index (χ2v) is 6.95. The molecular formula is C22H27N3O3. The third kappa shape index (κ3) is 5.03. The number of amides is 2. The number of ether oxygens (including phenoxy) is 1. The largest absolute Gasteiger partial charge is 0.497 e. The highest BCUT2D eigenvalue weighted by Crippen LogP contribution is 2.20. The molecule has 0 unspecified atom stereocenters. The Kier molecular flexibility index (Phi) is 6.53. The average molecular weight is 381 g/mol. The number of nitrogens with one attached hydrogen (secondary N) is 1. The number of nitrogens with zero attached hydrogens (tertiary/aromatic N) is 2. The van der Waals surface area contributed by atoms with Crippen LogP contribution in [0.25, 0.3) is 0 Å². The van der Waals surface area contributed by atoms with E-state index in [0.717, 1.165) is 35.7 Å². The minimum atomic E-state index is -0.231. The zero-order valence-corrected chi connectivity index (χ0v) is 16.5. The van der Waals surface area contributed by atoms with Gasteiger partial charge in [0, 0.05) is 38.4 Å². The minimum Gasteiger partial charge on any atom is -0.497 e. The Bertz CT molecular complexity index is 812. The van der Waals surface area contributed by atoms with Gasteiger partial charge in [0.05, 0.1) is 7.11 Å². The minimum absolute atomic E-state index is 0.103. The molecule has 1 saturated heterocycles. The van der Waals surface area contributed by atoms with Gasteiger partial charge in [-0.2, -0.15) is 0 Å². The van der Waals surface area contributed by atoms with Crippen molar-refractivity contribution >= 4 is 17.5 Å². The first-order valence-electron chi connectivity index (χ1n) is 9.55. The van der Waals surface area contributed by atoms with Crippen molar-refractivity contribution in [3.63, 3.8) is 0 Å². The van der Waals surface area contributed by atoms with Crippen LogP contribution in [0.3, 0.4) is 0 Å². The van der Waals surface area contributed by atoms with Crippen LogP contribution >= 0.6 is 0 Å². The fourth-order valence-corrected chi connectivity index (χ4v) is 3.32. The van der Waals surface area contributed by atoms with Crippen LogP contribution in [-0.2, 0) is 16.1 Å². The highest BCUT2D eigenvalue weighted by Gasteiger charge is 2.23. The number of methoxy groups -OCH3 is 1.